The summed E-state index contributed by atoms with van der Waals surface area (Å²) in [6.45, 7) is 2.58. The zero-order chi connectivity index (χ0) is 22.2. The Morgan fingerprint density at radius 1 is 0.969 bits per heavy atom. The van der Waals surface area contributed by atoms with Gasteiger partial charge in [-0.15, -0.1) is 0 Å². The molecule has 0 aliphatic carbocycles. The predicted molar refractivity (Wildman–Crippen MR) is 123 cm³/mol. The van der Waals surface area contributed by atoms with Crippen molar-refractivity contribution in [3.8, 4) is 23.0 Å². The summed E-state index contributed by atoms with van der Waals surface area (Å²) in [6, 6.07) is 25.2. The lowest BCUT2D eigenvalue weighted by Crippen LogP contribution is -2.39. The van der Waals surface area contributed by atoms with Gasteiger partial charge in [0.25, 0.3) is 5.91 Å². The third kappa shape index (κ3) is 6.02. The number of para-hydroxylation sites is 3. The summed E-state index contributed by atoms with van der Waals surface area (Å²) in [5.74, 6) is 2.77. The molecule has 1 atom stereocenters. The van der Waals surface area contributed by atoms with Crippen LogP contribution < -0.4 is 19.5 Å². The van der Waals surface area contributed by atoms with E-state index >= 15 is 0 Å². The Morgan fingerprint density at radius 3 is 2.53 bits per heavy atom. The highest BCUT2D eigenvalue weighted by Gasteiger charge is 2.24. The molecule has 1 aliphatic rings. The number of carbonyl (C=O) groups excluding carboxylic acids is 1. The van der Waals surface area contributed by atoms with Gasteiger partial charge in [0.05, 0.1) is 7.11 Å². The van der Waals surface area contributed by atoms with Gasteiger partial charge in [0.1, 0.15) is 11.5 Å². The fourth-order valence-electron chi connectivity index (χ4n) is 3.82. The van der Waals surface area contributed by atoms with Crippen molar-refractivity contribution >= 4 is 5.91 Å². The smallest absolute Gasteiger partial charge is 0.258 e. The van der Waals surface area contributed by atoms with Gasteiger partial charge in [0, 0.05) is 25.7 Å². The molecular formula is C26H28N2O4. The van der Waals surface area contributed by atoms with E-state index in [0.29, 0.717) is 17.2 Å². The molecular weight excluding hydrogens is 404 g/mol. The van der Waals surface area contributed by atoms with E-state index in [1.165, 1.54) is 0 Å². The Hall–Kier alpha value is -3.51. The number of nitrogens with one attached hydrogen (secondary N) is 1. The molecule has 166 valence electrons. The van der Waals surface area contributed by atoms with Crippen LogP contribution in [0.3, 0.4) is 0 Å². The van der Waals surface area contributed by atoms with E-state index in [2.05, 4.69) is 16.3 Å². The fraction of sp³-hybridized carbons (Fsp3) is 0.269. The van der Waals surface area contributed by atoms with E-state index in [-0.39, 0.29) is 18.6 Å². The molecule has 3 aromatic carbocycles. The molecule has 1 N–H and O–H groups in total. The van der Waals surface area contributed by atoms with Gasteiger partial charge in [0.2, 0.25) is 0 Å². The molecule has 32 heavy (non-hydrogen) atoms. The van der Waals surface area contributed by atoms with Gasteiger partial charge in [-0.1, -0.05) is 42.5 Å². The Labute approximate surface area is 188 Å². The van der Waals surface area contributed by atoms with Crippen molar-refractivity contribution in [2.24, 2.45) is 0 Å². The maximum atomic E-state index is 12.2. The second-order valence-corrected chi connectivity index (χ2v) is 7.79. The number of amides is 1. The number of hydrogen-bond donors (Lipinski definition) is 1. The van der Waals surface area contributed by atoms with Crippen molar-refractivity contribution in [2.45, 2.75) is 19.0 Å². The van der Waals surface area contributed by atoms with Crippen molar-refractivity contribution in [3.05, 3.63) is 84.4 Å². The van der Waals surface area contributed by atoms with E-state index in [1.807, 2.05) is 72.8 Å². The first-order chi connectivity index (χ1) is 15.7. The number of likely N-dealkylation sites (tertiary alicyclic amines) is 1. The van der Waals surface area contributed by atoms with E-state index < -0.39 is 0 Å². The summed E-state index contributed by atoms with van der Waals surface area (Å²) < 4.78 is 16.9. The molecule has 6 heteroatoms. The third-order valence-corrected chi connectivity index (χ3v) is 5.35. The van der Waals surface area contributed by atoms with E-state index in [4.69, 9.17) is 14.2 Å². The lowest BCUT2D eigenvalue weighted by Gasteiger charge is -2.17. The van der Waals surface area contributed by atoms with Crippen LogP contribution in [0, 0.1) is 0 Å². The predicted octanol–water partition coefficient (Wildman–Crippen LogP) is 4.26. The Bertz CT molecular complexity index is 1030. The molecule has 4 rings (SSSR count). The highest BCUT2D eigenvalue weighted by atomic mass is 16.5. The summed E-state index contributed by atoms with van der Waals surface area (Å²) in [4.78, 5) is 14.6. The van der Waals surface area contributed by atoms with Gasteiger partial charge < -0.3 is 19.5 Å². The first-order valence-corrected chi connectivity index (χ1v) is 10.8. The average molecular weight is 433 g/mol. The second-order valence-electron chi connectivity index (χ2n) is 7.79. The molecule has 1 aliphatic heterocycles. The summed E-state index contributed by atoms with van der Waals surface area (Å²) in [5, 5.41) is 3.08. The normalized spacial score (nSPS) is 15.8. The molecule has 0 unspecified atom stereocenters. The Kier molecular flexibility index (Phi) is 7.25. The molecule has 0 aromatic heterocycles. The monoisotopic (exact) mass is 432 g/mol. The first-order valence-electron chi connectivity index (χ1n) is 10.8. The van der Waals surface area contributed by atoms with Crippen LogP contribution in [0.5, 0.6) is 23.0 Å². The van der Waals surface area contributed by atoms with Crippen LogP contribution in [-0.2, 0) is 11.3 Å². The highest BCUT2D eigenvalue weighted by molar-refractivity contribution is 5.77. The molecule has 6 nitrogen and oxygen atoms in total. The Morgan fingerprint density at radius 2 is 1.72 bits per heavy atom. The van der Waals surface area contributed by atoms with Crippen LogP contribution in [-0.4, -0.2) is 43.7 Å². The summed E-state index contributed by atoms with van der Waals surface area (Å²) in [7, 11) is 1.63. The SMILES string of the molecule is COc1ccccc1Oc1cccc(CN2CC[C@@H](NC(=O)COc3ccccc3)C2)c1. The largest absolute Gasteiger partial charge is 0.493 e. The van der Waals surface area contributed by atoms with Crippen molar-refractivity contribution in [3.63, 3.8) is 0 Å². The number of ether oxygens (including phenoxy) is 3. The first kappa shape index (κ1) is 21.7. The van der Waals surface area contributed by atoms with E-state index in [0.717, 1.165) is 37.4 Å². The zero-order valence-corrected chi connectivity index (χ0v) is 18.2. The zero-order valence-electron chi connectivity index (χ0n) is 18.2. The third-order valence-electron chi connectivity index (χ3n) is 5.35. The Balaban J connectivity index is 1.26. The van der Waals surface area contributed by atoms with Gasteiger partial charge in [-0.2, -0.15) is 0 Å². The van der Waals surface area contributed by atoms with Crippen LogP contribution >= 0.6 is 0 Å². The number of carbonyl (C=O) groups is 1. The van der Waals surface area contributed by atoms with Crippen molar-refractivity contribution in [1.29, 1.82) is 0 Å². The molecule has 1 amide bonds. The van der Waals surface area contributed by atoms with Crippen LogP contribution in [0.15, 0.2) is 78.9 Å². The van der Waals surface area contributed by atoms with E-state index in [9.17, 15) is 4.79 Å². The molecule has 0 bridgehead atoms. The minimum Gasteiger partial charge on any atom is -0.493 e. The molecule has 0 saturated carbocycles. The van der Waals surface area contributed by atoms with Crippen LogP contribution in [0.25, 0.3) is 0 Å². The minimum atomic E-state index is -0.0899. The van der Waals surface area contributed by atoms with Crippen molar-refractivity contribution < 1.29 is 19.0 Å². The van der Waals surface area contributed by atoms with Gasteiger partial charge in [0.15, 0.2) is 18.1 Å². The van der Waals surface area contributed by atoms with Crippen LogP contribution in [0.2, 0.25) is 0 Å². The average Bonchev–Trinajstić information content (AvgIpc) is 3.25. The summed E-state index contributed by atoms with van der Waals surface area (Å²) in [5.41, 5.74) is 1.16. The maximum Gasteiger partial charge on any atom is 0.258 e. The molecule has 1 fully saturated rings. The van der Waals surface area contributed by atoms with Gasteiger partial charge in [-0.05, 0) is 48.4 Å². The molecule has 0 spiro atoms. The topological polar surface area (TPSA) is 60.0 Å². The number of methoxy groups -OCH3 is 1. The summed E-state index contributed by atoms with van der Waals surface area (Å²) >= 11 is 0. The van der Waals surface area contributed by atoms with Crippen LogP contribution in [0.1, 0.15) is 12.0 Å². The number of rotatable bonds is 9. The van der Waals surface area contributed by atoms with Gasteiger partial charge in [-0.25, -0.2) is 0 Å². The lowest BCUT2D eigenvalue weighted by molar-refractivity contribution is -0.123. The standard InChI is InChI=1S/C26H28N2O4/c1-30-24-12-5-6-13-25(24)32-23-11-7-8-20(16-23)17-28-15-14-21(18-28)27-26(29)19-31-22-9-3-2-4-10-22/h2-13,16,21H,14-15,17-19H2,1H3,(H,27,29)/t21-/m1/s1. The number of benzene rings is 3. The van der Waals surface area contributed by atoms with E-state index in [1.54, 1.807) is 7.11 Å². The number of nitrogens with zero attached hydrogens (tertiary/aromatic N) is 1. The summed E-state index contributed by atoms with van der Waals surface area (Å²) in [6.07, 6.45) is 0.925. The second kappa shape index (κ2) is 10.7. The van der Waals surface area contributed by atoms with Crippen molar-refractivity contribution in [2.75, 3.05) is 26.8 Å². The quantitative estimate of drug-likeness (QED) is 0.548. The maximum absolute atomic E-state index is 12.2. The lowest BCUT2D eigenvalue weighted by atomic mass is 10.2. The molecule has 3 aromatic rings. The molecule has 1 saturated heterocycles. The fourth-order valence-corrected chi connectivity index (χ4v) is 3.82. The number of hydrogen-bond acceptors (Lipinski definition) is 5. The molecule has 0 radical (unpaired) electrons. The van der Waals surface area contributed by atoms with Gasteiger partial charge in [-0.3, -0.25) is 9.69 Å². The molecule has 1 heterocycles. The highest BCUT2D eigenvalue weighted by Crippen LogP contribution is 2.31. The van der Waals surface area contributed by atoms with Crippen LogP contribution in [0.4, 0.5) is 0 Å². The minimum absolute atomic E-state index is 0.0306. The van der Waals surface area contributed by atoms with Gasteiger partial charge >= 0.3 is 0 Å². The van der Waals surface area contributed by atoms with Crippen molar-refractivity contribution in [1.82, 2.24) is 10.2 Å².